The highest BCUT2D eigenvalue weighted by atomic mass is 15.1. The Morgan fingerprint density at radius 3 is 3.00 bits per heavy atom. The molecule has 48 valence electrons. The van der Waals surface area contributed by atoms with E-state index in [0.717, 1.165) is 13.1 Å². The van der Waals surface area contributed by atoms with Crippen LogP contribution in [-0.2, 0) is 0 Å². The minimum absolute atomic E-state index is 0.540. The average molecular weight is 122 g/mol. The molecule has 1 heterocycles. The molecule has 2 heteroatoms. The number of hydrogen-bond donors (Lipinski definition) is 0. The van der Waals surface area contributed by atoms with Crippen LogP contribution in [0.2, 0.25) is 0 Å². The Balaban J connectivity index is 2.50. The van der Waals surface area contributed by atoms with Crippen molar-refractivity contribution >= 4 is 0 Å². The Morgan fingerprint density at radius 2 is 2.56 bits per heavy atom. The SMILES string of the molecule is C[C@H]1C=CCN(C#N)C1. The van der Waals surface area contributed by atoms with Crippen LogP contribution >= 0.6 is 0 Å². The lowest BCUT2D eigenvalue weighted by Crippen LogP contribution is -2.26. The van der Waals surface area contributed by atoms with Crippen molar-refractivity contribution in [3.8, 4) is 6.19 Å². The summed E-state index contributed by atoms with van der Waals surface area (Å²) >= 11 is 0. The summed E-state index contributed by atoms with van der Waals surface area (Å²) in [5.74, 6) is 0.540. The second-order valence-electron chi connectivity index (χ2n) is 2.41. The van der Waals surface area contributed by atoms with E-state index in [9.17, 15) is 0 Å². The van der Waals surface area contributed by atoms with Crippen molar-refractivity contribution in [2.24, 2.45) is 5.92 Å². The van der Waals surface area contributed by atoms with Gasteiger partial charge in [-0.15, -0.1) is 0 Å². The lowest BCUT2D eigenvalue weighted by atomic mass is 10.1. The van der Waals surface area contributed by atoms with Crippen LogP contribution in [0, 0.1) is 17.4 Å². The maximum atomic E-state index is 8.45. The molecule has 0 N–H and O–H groups in total. The first kappa shape index (κ1) is 6.15. The molecule has 0 saturated heterocycles. The fourth-order valence-electron chi connectivity index (χ4n) is 0.985. The summed E-state index contributed by atoms with van der Waals surface area (Å²) in [5, 5.41) is 8.45. The van der Waals surface area contributed by atoms with Crippen LogP contribution in [0.1, 0.15) is 6.92 Å². The van der Waals surface area contributed by atoms with Crippen molar-refractivity contribution in [3.63, 3.8) is 0 Å². The molecule has 0 aromatic rings. The van der Waals surface area contributed by atoms with Gasteiger partial charge in [-0.05, 0) is 5.92 Å². The van der Waals surface area contributed by atoms with Crippen LogP contribution < -0.4 is 0 Å². The Labute approximate surface area is 55.4 Å². The topological polar surface area (TPSA) is 27.0 Å². The van der Waals surface area contributed by atoms with Gasteiger partial charge >= 0.3 is 0 Å². The normalized spacial score (nSPS) is 25.8. The zero-order chi connectivity index (χ0) is 6.69. The molecule has 0 amide bonds. The molecule has 0 bridgehead atoms. The molecule has 9 heavy (non-hydrogen) atoms. The van der Waals surface area contributed by atoms with Crippen LogP contribution in [-0.4, -0.2) is 18.0 Å². The largest absolute Gasteiger partial charge is 0.306 e. The Bertz CT molecular complexity index is 155. The number of hydrogen-bond acceptors (Lipinski definition) is 2. The molecule has 0 aromatic heterocycles. The van der Waals surface area contributed by atoms with E-state index < -0.39 is 0 Å². The van der Waals surface area contributed by atoms with Crippen LogP contribution in [0.25, 0.3) is 0 Å². The van der Waals surface area contributed by atoms with E-state index in [1.165, 1.54) is 0 Å². The van der Waals surface area contributed by atoms with E-state index in [1.54, 1.807) is 4.90 Å². The number of nitriles is 1. The highest BCUT2D eigenvalue weighted by Gasteiger charge is 2.07. The van der Waals surface area contributed by atoms with Crippen LogP contribution in [0.5, 0.6) is 0 Å². The molecule has 0 aliphatic carbocycles. The highest BCUT2D eigenvalue weighted by molar-refractivity contribution is 4.98. The van der Waals surface area contributed by atoms with Gasteiger partial charge < -0.3 is 4.90 Å². The second kappa shape index (κ2) is 2.54. The quantitative estimate of drug-likeness (QED) is 0.353. The van der Waals surface area contributed by atoms with Gasteiger partial charge in [0.05, 0.1) is 0 Å². The minimum atomic E-state index is 0.540. The van der Waals surface area contributed by atoms with Crippen LogP contribution in [0.15, 0.2) is 12.2 Å². The molecule has 0 saturated carbocycles. The minimum Gasteiger partial charge on any atom is -0.306 e. The van der Waals surface area contributed by atoms with E-state index in [1.807, 2.05) is 6.08 Å². The van der Waals surface area contributed by atoms with Crippen LogP contribution in [0.3, 0.4) is 0 Å². The summed E-state index contributed by atoms with van der Waals surface area (Å²) in [6.45, 7) is 3.79. The van der Waals surface area contributed by atoms with E-state index in [4.69, 9.17) is 5.26 Å². The third-order valence-corrected chi connectivity index (χ3v) is 1.44. The molecule has 0 fully saturated rings. The second-order valence-corrected chi connectivity index (χ2v) is 2.41. The van der Waals surface area contributed by atoms with Gasteiger partial charge in [0.25, 0.3) is 0 Å². The van der Waals surface area contributed by atoms with Gasteiger partial charge in [-0.2, -0.15) is 5.26 Å². The lowest BCUT2D eigenvalue weighted by Gasteiger charge is -2.20. The molecule has 1 aliphatic rings. The lowest BCUT2D eigenvalue weighted by molar-refractivity contribution is 0.374. The summed E-state index contributed by atoms with van der Waals surface area (Å²) < 4.78 is 0. The first-order valence-corrected chi connectivity index (χ1v) is 3.14. The van der Waals surface area contributed by atoms with E-state index in [-0.39, 0.29) is 0 Å². The fraction of sp³-hybridized carbons (Fsp3) is 0.571. The van der Waals surface area contributed by atoms with Crippen LogP contribution in [0.4, 0.5) is 0 Å². The van der Waals surface area contributed by atoms with Gasteiger partial charge in [0.2, 0.25) is 0 Å². The molecular formula is C7H10N2. The third-order valence-electron chi connectivity index (χ3n) is 1.44. The highest BCUT2D eigenvalue weighted by Crippen LogP contribution is 2.05. The molecule has 2 nitrogen and oxygen atoms in total. The molecule has 0 aromatic carbocycles. The molecule has 1 atom stereocenters. The molecule has 1 aliphatic heterocycles. The van der Waals surface area contributed by atoms with Gasteiger partial charge in [-0.25, -0.2) is 0 Å². The first-order chi connectivity index (χ1) is 4.33. The van der Waals surface area contributed by atoms with Crippen molar-refractivity contribution < 1.29 is 0 Å². The Morgan fingerprint density at radius 1 is 1.78 bits per heavy atom. The average Bonchev–Trinajstić information content (AvgIpc) is 1.88. The van der Waals surface area contributed by atoms with E-state index in [2.05, 4.69) is 19.2 Å². The summed E-state index contributed by atoms with van der Waals surface area (Å²) in [6, 6.07) is 0. The third kappa shape index (κ3) is 1.46. The summed E-state index contributed by atoms with van der Waals surface area (Å²) in [5.41, 5.74) is 0. The molecule has 1 rings (SSSR count). The standard InChI is InChI=1S/C7H10N2/c1-7-3-2-4-9(5-7)6-8/h2-3,7H,4-5H2,1H3/t7-/m0/s1. The number of nitrogens with zero attached hydrogens (tertiary/aromatic N) is 2. The van der Waals surface area contributed by atoms with E-state index >= 15 is 0 Å². The zero-order valence-corrected chi connectivity index (χ0v) is 5.54. The van der Waals surface area contributed by atoms with E-state index in [0.29, 0.717) is 5.92 Å². The molecular weight excluding hydrogens is 112 g/mol. The van der Waals surface area contributed by atoms with Gasteiger partial charge in [0.1, 0.15) is 0 Å². The fourth-order valence-corrected chi connectivity index (χ4v) is 0.985. The number of rotatable bonds is 0. The van der Waals surface area contributed by atoms with Crippen molar-refractivity contribution in [2.45, 2.75) is 6.92 Å². The van der Waals surface area contributed by atoms with Crippen molar-refractivity contribution in [3.05, 3.63) is 12.2 Å². The maximum Gasteiger partial charge on any atom is 0.179 e. The van der Waals surface area contributed by atoms with Crippen molar-refractivity contribution in [1.29, 1.82) is 5.26 Å². The predicted molar refractivity (Wildman–Crippen MR) is 35.5 cm³/mol. The van der Waals surface area contributed by atoms with Gasteiger partial charge in [0, 0.05) is 13.1 Å². The predicted octanol–water partition coefficient (Wildman–Crippen LogP) is 0.975. The Kier molecular flexibility index (Phi) is 1.74. The van der Waals surface area contributed by atoms with Gasteiger partial charge in [-0.3, -0.25) is 0 Å². The summed E-state index contributed by atoms with van der Waals surface area (Å²) in [4.78, 5) is 1.75. The van der Waals surface area contributed by atoms with Crippen molar-refractivity contribution in [1.82, 2.24) is 4.90 Å². The first-order valence-electron chi connectivity index (χ1n) is 3.14. The molecule has 0 spiro atoms. The smallest absolute Gasteiger partial charge is 0.179 e. The van der Waals surface area contributed by atoms with Gasteiger partial charge in [-0.1, -0.05) is 19.1 Å². The summed E-state index contributed by atoms with van der Waals surface area (Å²) in [7, 11) is 0. The summed E-state index contributed by atoms with van der Waals surface area (Å²) in [6.07, 6.45) is 6.30. The van der Waals surface area contributed by atoms with Crippen molar-refractivity contribution in [2.75, 3.05) is 13.1 Å². The zero-order valence-electron chi connectivity index (χ0n) is 5.54. The molecule has 0 radical (unpaired) electrons. The monoisotopic (exact) mass is 122 g/mol. The molecule has 0 unspecified atom stereocenters. The Hall–Kier alpha value is -0.970. The maximum absolute atomic E-state index is 8.45. The van der Waals surface area contributed by atoms with Gasteiger partial charge in [0.15, 0.2) is 6.19 Å².